The van der Waals surface area contributed by atoms with Gasteiger partial charge in [0.15, 0.2) is 0 Å². The van der Waals surface area contributed by atoms with E-state index in [9.17, 15) is 0 Å². The molecule has 0 saturated heterocycles. The topological polar surface area (TPSA) is 38.0 Å². The molecular formula is C15H17BN2O. The van der Waals surface area contributed by atoms with Crippen molar-refractivity contribution in [2.24, 2.45) is 0 Å². The zero-order valence-corrected chi connectivity index (χ0v) is 11.1. The van der Waals surface area contributed by atoms with Crippen molar-refractivity contribution in [3.8, 4) is 5.69 Å². The van der Waals surface area contributed by atoms with E-state index in [-0.39, 0.29) is 7.48 Å². The van der Waals surface area contributed by atoms with Gasteiger partial charge in [0.05, 0.1) is 10.7 Å². The zero-order chi connectivity index (χ0) is 13.2. The molecule has 96 valence electrons. The lowest BCUT2D eigenvalue weighted by molar-refractivity contribution is 0.615. The van der Waals surface area contributed by atoms with Gasteiger partial charge in [-0.25, -0.2) is 4.98 Å². The van der Waals surface area contributed by atoms with Crippen LogP contribution in [0.2, 0.25) is 0 Å². The molecule has 0 fully saturated rings. The summed E-state index contributed by atoms with van der Waals surface area (Å²) in [7, 11) is 0.0862. The molecule has 0 atom stereocenters. The van der Waals surface area contributed by atoms with Crippen molar-refractivity contribution in [2.45, 2.75) is 26.2 Å². The first-order chi connectivity index (χ1) is 9.33. The van der Waals surface area contributed by atoms with Crippen molar-refractivity contribution in [3.63, 3.8) is 0 Å². The molecule has 0 saturated carbocycles. The van der Waals surface area contributed by atoms with Gasteiger partial charge in [0.2, 0.25) is 0 Å². The number of benzene rings is 1. The van der Waals surface area contributed by atoms with E-state index in [1.54, 1.807) is 0 Å². The van der Waals surface area contributed by atoms with Gasteiger partial charge < -0.3 is 5.02 Å². The van der Waals surface area contributed by atoms with Gasteiger partial charge in [-0.15, -0.1) is 0 Å². The highest BCUT2D eigenvalue weighted by Gasteiger charge is 2.09. The molecule has 0 amide bonds. The van der Waals surface area contributed by atoms with Crippen molar-refractivity contribution in [2.75, 3.05) is 0 Å². The van der Waals surface area contributed by atoms with Crippen LogP contribution in [-0.2, 0) is 6.42 Å². The van der Waals surface area contributed by atoms with Crippen LogP contribution in [0.5, 0.6) is 0 Å². The number of rotatable bonds is 3. The van der Waals surface area contributed by atoms with E-state index in [0.717, 1.165) is 41.6 Å². The van der Waals surface area contributed by atoms with E-state index in [0.29, 0.717) is 0 Å². The number of nitrogens with zero attached hydrogens (tertiary/aromatic N) is 2. The molecule has 1 aromatic carbocycles. The largest absolute Gasteiger partial charge is 0.449 e. The number of hydrogen-bond acceptors (Lipinski definition) is 2. The fraction of sp³-hybridized carbons (Fsp3) is 0.267. The van der Waals surface area contributed by atoms with Crippen LogP contribution >= 0.6 is 0 Å². The molecule has 0 bridgehead atoms. The fourth-order valence-corrected chi connectivity index (χ4v) is 2.56. The van der Waals surface area contributed by atoms with Crippen LogP contribution < -0.4 is 16.2 Å². The van der Waals surface area contributed by atoms with Crippen molar-refractivity contribution >= 4 is 25.1 Å². The molecule has 0 aliphatic heterocycles. The monoisotopic (exact) mass is 252 g/mol. The standard InChI is InChI=1S/C15H17BN2O/c1-2-15-17-13-5-3-4-6-14(13)18(15)12-9-7-11(16-19)8-10-12/h5-10,16,19H,2-4H2,1H3. The third kappa shape index (κ3) is 2.12. The Morgan fingerprint density at radius 2 is 1.95 bits per heavy atom. The van der Waals surface area contributed by atoms with Crippen molar-refractivity contribution in [1.82, 2.24) is 9.55 Å². The zero-order valence-electron chi connectivity index (χ0n) is 11.1. The van der Waals surface area contributed by atoms with Gasteiger partial charge in [-0.1, -0.05) is 36.7 Å². The third-order valence-corrected chi connectivity index (χ3v) is 3.55. The van der Waals surface area contributed by atoms with Crippen LogP contribution in [0, 0.1) is 0 Å². The predicted molar refractivity (Wildman–Crippen MR) is 79.4 cm³/mol. The Labute approximate surface area is 113 Å². The Kier molecular flexibility index (Phi) is 3.26. The van der Waals surface area contributed by atoms with E-state index in [4.69, 9.17) is 10.0 Å². The normalized spacial score (nSPS) is 13.4. The molecule has 3 rings (SSSR count). The van der Waals surface area contributed by atoms with Crippen molar-refractivity contribution in [1.29, 1.82) is 0 Å². The lowest BCUT2D eigenvalue weighted by Crippen LogP contribution is -2.31. The minimum Gasteiger partial charge on any atom is -0.449 e. The van der Waals surface area contributed by atoms with Gasteiger partial charge >= 0.3 is 7.48 Å². The van der Waals surface area contributed by atoms with E-state index in [1.165, 1.54) is 5.35 Å². The first kappa shape index (κ1) is 12.2. The summed E-state index contributed by atoms with van der Waals surface area (Å²) in [5, 5.41) is 11.4. The Bertz CT molecular complexity index is 701. The highest BCUT2D eigenvalue weighted by Crippen LogP contribution is 2.07. The van der Waals surface area contributed by atoms with E-state index in [2.05, 4.69) is 35.8 Å². The van der Waals surface area contributed by atoms with Gasteiger partial charge in [-0.2, -0.15) is 0 Å². The van der Waals surface area contributed by atoms with Gasteiger partial charge in [0.25, 0.3) is 0 Å². The molecule has 1 N–H and O–H groups in total. The summed E-state index contributed by atoms with van der Waals surface area (Å²) in [5.74, 6) is 1.09. The second-order valence-corrected chi connectivity index (χ2v) is 4.80. The van der Waals surface area contributed by atoms with Gasteiger partial charge in [-0.3, -0.25) is 4.57 Å². The molecule has 2 aromatic rings. The molecule has 1 aliphatic rings. The molecule has 0 unspecified atom stereocenters. The minimum absolute atomic E-state index is 0.0862. The molecular weight excluding hydrogens is 235 g/mol. The molecule has 0 spiro atoms. The Balaban J connectivity index is 2.21. The summed E-state index contributed by atoms with van der Waals surface area (Å²) in [6.45, 7) is 2.13. The Morgan fingerprint density at radius 1 is 1.21 bits per heavy atom. The van der Waals surface area contributed by atoms with Crippen LogP contribution in [-0.4, -0.2) is 22.1 Å². The SMILES string of the molecule is CCc1nc2c(n1-c1ccc(BO)cc1)=CCCC=2. The molecule has 1 aromatic heterocycles. The van der Waals surface area contributed by atoms with Crippen LogP contribution in [0.25, 0.3) is 17.8 Å². The van der Waals surface area contributed by atoms with Crippen LogP contribution in [0.1, 0.15) is 25.6 Å². The highest BCUT2D eigenvalue weighted by atomic mass is 16.2. The van der Waals surface area contributed by atoms with Gasteiger partial charge in [0, 0.05) is 12.1 Å². The molecule has 1 aliphatic carbocycles. The maximum Gasteiger partial charge on any atom is 0.304 e. The lowest BCUT2D eigenvalue weighted by atomic mass is 9.89. The average Bonchev–Trinajstić information content (AvgIpc) is 2.86. The first-order valence-electron chi connectivity index (χ1n) is 6.81. The van der Waals surface area contributed by atoms with Crippen molar-refractivity contribution < 1.29 is 5.02 Å². The van der Waals surface area contributed by atoms with E-state index < -0.39 is 0 Å². The maximum atomic E-state index is 9.12. The fourth-order valence-electron chi connectivity index (χ4n) is 2.56. The van der Waals surface area contributed by atoms with Crippen LogP contribution in [0.4, 0.5) is 0 Å². The quantitative estimate of drug-likeness (QED) is 0.765. The van der Waals surface area contributed by atoms with Gasteiger partial charge in [0.1, 0.15) is 5.82 Å². The molecule has 1 heterocycles. The molecule has 0 radical (unpaired) electrons. The highest BCUT2D eigenvalue weighted by molar-refractivity contribution is 6.45. The molecule has 3 nitrogen and oxygen atoms in total. The van der Waals surface area contributed by atoms with E-state index in [1.807, 2.05) is 12.1 Å². The van der Waals surface area contributed by atoms with Crippen LogP contribution in [0.3, 0.4) is 0 Å². The summed E-state index contributed by atoms with van der Waals surface area (Å²) in [6, 6.07) is 8.03. The lowest BCUT2D eigenvalue weighted by Gasteiger charge is -2.08. The minimum atomic E-state index is 0.0862. The number of aryl methyl sites for hydroxylation is 1. The predicted octanol–water partition coefficient (Wildman–Crippen LogP) is -0.241. The first-order valence-corrected chi connectivity index (χ1v) is 6.81. The third-order valence-electron chi connectivity index (χ3n) is 3.55. The Morgan fingerprint density at radius 3 is 2.63 bits per heavy atom. The smallest absolute Gasteiger partial charge is 0.304 e. The van der Waals surface area contributed by atoms with Gasteiger partial charge in [-0.05, 0) is 25.0 Å². The summed E-state index contributed by atoms with van der Waals surface area (Å²) >= 11 is 0. The number of imidazole rings is 1. The average molecular weight is 252 g/mol. The summed E-state index contributed by atoms with van der Waals surface area (Å²) in [4.78, 5) is 4.71. The molecule has 4 heteroatoms. The summed E-state index contributed by atoms with van der Waals surface area (Å²) in [6.07, 6.45) is 7.55. The maximum absolute atomic E-state index is 9.12. The summed E-state index contributed by atoms with van der Waals surface area (Å²) < 4.78 is 2.23. The van der Waals surface area contributed by atoms with E-state index >= 15 is 0 Å². The molecule has 19 heavy (non-hydrogen) atoms. The number of fused-ring (bicyclic) bond motifs is 1. The second-order valence-electron chi connectivity index (χ2n) is 4.80. The van der Waals surface area contributed by atoms with Crippen LogP contribution in [0.15, 0.2) is 24.3 Å². The second kappa shape index (κ2) is 5.06. The number of aromatic nitrogens is 2. The van der Waals surface area contributed by atoms with Crippen molar-refractivity contribution in [3.05, 3.63) is 40.8 Å². The number of hydrogen-bond donors (Lipinski definition) is 1. The summed E-state index contributed by atoms with van der Waals surface area (Å²) in [5.41, 5.74) is 2.06. The Hall–Kier alpha value is -1.81.